The fraction of sp³-hybridized carbons (Fsp3) is 0.250. The molecule has 0 aliphatic rings. The number of thiazole rings is 1. The molecule has 5 nitrogen and oxygen atoms in total. The van der Waals surface area contributed by atoms with Crippen LogP contribution in [-0.4, -0.2) is 24.8 Å². The van der Waals surface area contributed by atoms with Crippen LogP contribution in [0.5, 0.6) is 0 Å². The Balaban J connectivity index is 1.86. The Morgan fingerprint density at radius 2 is 2.00 bits per heavy atom. The second-order valence-electron chi connectivity index (χ2n) is 5.74. The molecule has 3 aromatic heterocycles. The van der Waals surface area contributed by atoms with E-state index in [2.05, 4.69) is 34.1 Å². The van der Waals surface area contributed by atoms with Crippen LogP contribution in [0.4, 0.5) is 4.39 Å². The van der Waals surface area contributed by atoms with Crippen LogP contribution < -0.4 is 0 Å². The maximum atomic E-state index is 13.5. The molecule has 0 spiro atoms. The number of hydrogen-bond acceptors (Lipinski definition) is 6. The number of hydrogen-bond donors (Lipinski definition) is 0. The van der Waals surface area contributed by atoms with Crippen molar-refractivity contribution in [2.24, 2.45) is 0 Å². The minimum absolute atomic E-state index is 0.306. The summed E-state index contributed by atoms with van der Waals surface area (Å²) in [6.07, 6.45) is 0. The monoisotopic (exact) mass is 359 g/mol. The van der Waals surface area contributed by atoms with Crippen molar-refractivity contribution in [1.82, 2.24) is 24.8 Å². The van der Waals surface area contributed by atoms with Gasteiger partial charge in [-0.2, -0.15) is 9.61 Å². The van der Waals surface area contributed by atoms with Gasteiger partial charge >= 0.3 is 0 Å². The lowest BCUT2D eigenvalue weighted by Gasteiger charge is -2.01. The first kappa shape index (κ1) is 15.3. The van der Waals surface area contributed by atoms with E-state index < -0.39 is 0 Å². The molecule has 0 aliphatic heterocycles. The van der Waals surface area contributed by atoms with Gasteiger partial charge < -0.3 is 0 Å². The highest BCUT2D eigenvalue weighted by atomic mass is 32.1. The van der Waals surface area contributed by atoms with E-state index in [1.807, 2.05) is 6.92 Å². The number of benzene rings is 1. The van der Waals surface area contributed by atoms with Crippen molar-refractivity contribution in [2.45, 2.75) is 26.7 Å². The smallest absolute Gasteiger partial charge is 0.235 e. The average molecular weight is 359 g/mol. The van der Waals surface area contributed by atoms with E-state index in [-0.39, 0.29) is 5.82 Å². The van der Waals surface area contributed by atoms with E-state index >= 15 is 0 Å². The van der Waals surface area contributed by atoms with Crippen molar-refractivity contribution in [2.75, 3.05) is 0 Å². The van der Waals surface area contributed by atoms with Gasteiger partial charge in [0.05, 0.1) is 15.6 Å². The van der Waals surface area contributed by atoms with Crippen LogP contribution in [-0.2, 0) is 0 Å². The molecule has 0 fully saturated rings. The van der Waals surface area contributed by atoms with Gasteiger partial charge in [0.2, 0.25) is 4.96 Å². The molecule has 8 heteroatoms. The summed E-state index contributed by atoms with van der Waals surface area (Å²) in [5.41, 5.74) is 1.71. The molecule has 122 valence electrons. The predicted octanol–water partition coefficient (Wildman–Crippen LogP) is 4.55. The number of rotatable bonds is 3. The van der Waals surface area contributed by atoms with Crippen molar-refractivity contribution < 1.29 is 4.39 Å². The fourth-order valence-electron chi connectivity index (χ4n) is 2.50. The zero-order chi connectivity index (χ0) is 16.8. The normalized spacial score (nSPS) is 11.7. The number of halogens is 1. The van der Waals surface area contributed by atoms with E-state index in [1.165, 1.54) is 23.5 Å². The summed E-state index contributed by atoms with van der Waals surface area (Å²) >= 11 is 3.10. The molecule has 0 saturated carbocycles. The Kier molecular flexibility index (Phi) is 3.65. The fourth-order valence-corrected chi connectivity index (χ4v) is 4.50. The second kappa shape index (κ2) is 5.71. The summed E-state index contributed by atoms with van der Waals surface area (Å²) < 4.78 is 15.2. The standard InChI is InChI=1S/C16H14FN5S2/c1-8(2)12-13(23-9(3)18-12)15-21-22-14(19-20-16(22)24-15)10-5-4-6-11(17)7-10/h4-8H,1-3H3. The van der Waals surface area contributed by atoms with E-state index in [0.717, 1.165) is 20.6 Å². The molecule has 0 bridgehead atoms. The molecule has 4 rings (SSSR count). The first-order valence-electron chi connectivity index (χ1n) is 7.49. The zero-order valence-corrected chi connectivity index (χ0v) is 15.0. The van der Waals surface area contributed by atoms with Gasteiger partial charge in [-0.3, -0.25) is 0 Å². The summed E-state index contributed by atoms with van der Waals surface area (Å²) in [7, 11) is 0. The van der Waals surface area contributed by atoms with Crippen LogP contribution in [0.15, 0.2) is 24.3 Å². The van der Waals surface area contributed by atoms with Crippen LogP contribution in [0, 0.1) is 12.7 Å². The number of aromatic nitrogens is 5. The van der Waals surface area contributed by atoms with Gasteiger partial charge in [-0.1, -0.05) is 37.3 Å². The summed E-state index contributed by atoms with van der Waals surface area (Å²) in [5.74, 6) is 0.557. The topological polar surface area (TPSA) is 56.0 Å². The van der Waals surface area contributed by atoms with Gasteiger partial charge in [-0.05, 0) is 25.0 Å². The molecule has 0 aliphatic carbocycles. The maximum absolute atomic E-state index is 13.5. The molecule has 24 heavy (non-hydrogen) atoms. The molecule has 0 radical (unpaired) electrons. The Hall–Kier alpha value is -2.19. The van der Waals surface area contributed by atoms with Crippen molar-refractivity contribution >= 4 is 27.6 Å². The van der Waals surface area contributed by atoms with E-state index in [9.17, 15) is 4.39 Å². The Morgan fingerprint density at radius 3 is 2.75 bits per heavy atom. The molecule has 1 aromatic carbocycles. The predicted molar refractivity (Wildman–Crippen MR) is 94.0 cm³/mol. The summed E-state index contributed by atoms with van der Waals surface area (Å²) in [5, 5.41) is 14.9. The van der Waals surface area contributed by atoms with Crippen LogP contribution in [0.25, 0.3) is 26.2 Å². The van der Waals surface area contributed by atoms with Gasteiger partial charge in [0, 0.05) is 5.56 Å². The minimum atomic E-state index is -0.306. The van der Waals surface area contributed by atoms with Crippen molar-refractivity contribution in [3.05, 3.63) is 40.8 Å². The van der Waals surface area contributed by atoms with Gasteiger partial charge in [0.25, 0.3) is 0 Å². The average Bonchev–Trinajstić information content (AvgIpc) is 3.19. The second-order valence-corrected chi connectivity index (χ2v) is 7.90. The van der Waals surface area contributed by atoms with Crippen LogP contribution in [0.3, 0.4) is 0 Å². The zero-order valence-electron chi connectivity index (χ0n) is 13.3. The molecule has 4 aromatic rings. The highest BCUT2D eigenvalue weighted by molar-refractivity contribution is 7.24. The molecule has 0 saturated heterocycles. The third-order valence-electron chi connectivity index (χ3n) is 3.58. The third-order valence-corrected chi connectivity index (χ3v) is 5.61. The van der Waals surface area contributed by atoms with Crippen LogP contribution >= 0.6 is 22.7 Å². The molecular formula is C16H14FN5S2. The molecular weight excluding hydrogens is 345 g/mol. The molecule has 0 amide bonds. The van der Waals surface area contributed by atoms with Gasteiger partial charge in [0.1, 0.15) is 5.82 Å². The SMILES string of the molecule is Cc1nc(C(C)C)c(-c2nn3c(-c4cccc(F)c4)nnc3s2)s1. The summed E-state index contributed by atoms with van der Waals surface area (Å²) in [6, 6.07) is 6.30. The van der Waals surface area contributed by atoms with Gasteiger partial charge in [-0.25, -0.2) is 9.37 Å². The number of nitrogens with zero attached hydrogens (tertiary/aromatic N) is 5. The molecule has 0 unspecified atom stereocenters. The lowest BCUT2D eigenvalue weighted by Crippen LogP contribution is -1.93. The van der Waals surface area contributed by atoms with E-state index in [4.69, 9.17) is 0 Å². The summed E-state index contributed by atoms with van der Waals surface area (Å²) in [6.45, 7) is 6.24. The van der Waals surface area contributed by atoms with Crippen LogP contribution in [0.1, 0.15) is 30.5 Å². The minimum Gasteiger partial charge on any atom is -0.246 e. The van der Waals surface area contributed by atoms with Crippen molar-refractivity contribution in [1.29, 1.82) is 0 Å². The van der Waals surface area contributed by atoms with Gasteiger partial charge in [0.15, 0.2) is 10.8 Å². The highest BCUT2D eigenvalue weighted by Crippen LogP contribution is 2.37. The number of aryl methyl sites for hydroxylation is 1. The Morgan fingerprint density at radius 1 is 1.17 bits per heavy atom. The Bertz CT molecular complexity index is 1030. The molecule has 3 heterocycles. The quantitative estimate of drug-likeness (QED) is 0.538. The lowest BCUT2D eigenvalue weighted by molar-refractivity contribution is 0.628. The first-order chi connectivity index (χ1) is 11.5. The molecule has 0 atom stereocenters. The third kappa shape index (κ3) is 2.51. The largest absolute Gasteiger partial charge is 0.246 e. The maximum Gasteiger partial charge on any atom is 0.235 e. The summed E-state index contributed by atoms with van der Waals surface area (Å²) in [4.78, 5) is 6.38. The molecule has 0 N–H and O–H groups in total. The van der Waals surface area contributed by atoms with Crippen molar-refractivity contribution in [3.63, 3.8) is 0 Å². The van der Waals surface area contributed by atoms with Gasteiger partial charge in [-0.15, -0.1) is 21.5 Å². The van der Waals surface area contributed by atoms with E-state index in [0.29, 0.717) is 22.3 Å². The Labute approximate surface area is 145 Å². The first-order valence-corrected chi connectivity index (χ1v) is 9.12. The van der Waals surface area contributed by atoms with Crippen LogP contribution in [0.2, 0.25) is 0 Å². The van der Waals surface area contributed by atoms with Crippen molar-refractivity contribution in [3.8, 4) is 21.3 Å². The number of fused-ring (bicyclic) bond motifs is 1. The lowest BCUT2D eigenvalue weighted by atomic mass is 10.1. The van der Waals surface area contributed by atoms with E-state index in [1.54, 1.807) is 28.0 Å². The highest BCUT2D eigenvalue weighted by Gasteiger charge is 2.20.